The van der Waals surface area contributed by atoms with Crippen molar-refractivity contribution in [3.8, 4) is 0 Å². The number of nitrogens with zero attached hydrogens (tertiary/aromatic N) is 1. The van der Waals surface area contributed by atoms with Crippen LogP contribution in [0.3, 0.4) is 0 Å². The minimum Gasteiger partial charge on any atom is -0.481 e. The number of carboxylic acid groups (broad SMARTS) is 1. The zero-order valence-corrected chi connectivity index (χ0v) is 14.2. The Balaban J connectivity index is 1.98. The Bertz CT molecular complexity index is 475. The minimum absolute atomic E-state index is 0.216. The fourth-order valence-corrected chi connectivity index (χ4v) is 4.04. The second-order valence-electron chi connectivity index (χ2n) is 7.07. The molecule has 1 fully saturated rings. The van der Waals surface area contributed by atoms with E-state index in [-0.39, 0.29) is 5.41 Å². The lowest BCUT2D eigenvalue weighted by molar-refractivity contribution is -0.137. The first-order chi connectivity index (χ1) is 9.86. The zero-order chi connectivity index (χ0) is 15.5. The molecule has 3 nitrogen and oxygen atoms in total. The van der Waals surface area contributed by atoms with Crippen LogP contribution in [0.5, 0.6) is 0 Å². The Labute approximate surface area is 132 Å². The molecule has 1 atom stereocenters. The molecule has 1 saturated heterocycles. The monoisotopic (exact) mass is 309 g/mol. The van der Waals surface area contributed by atoms with Crippen molar-refractivity contribution in [2.45, 2.75) is 70.9 Å². The lowest BCUT2D eigenvalue weighted by Gasteiger charge is -2.35. The lowest BCUT2D eigenvalue weighted by Crippen LogP contribution is -2.39. The average Bonchev–Trinajstić information content (AvgIpc) is 2.86. The molecular weight excluding hydrogens is 282 g/mol. The number of carboxylic acids is 1. The van der Waals surface area contributed by atoms with Gasteiger partial charge in [0.1, 0.15) is 0 Å². The van der Waals surface area contributed by atoms with Gasteiger partial charge in [0.15, 0.2) is 0 Å². The van der Waals surface area contributed by atoms with Crippen LogP contribution in [0.2, 0.25) is 0 Å². The molecule has 1 aromatic rings. The third-order valence-electron chi connectivity index (χ3n) is 4.20. The Morgan fingerprint density at radius 2 is 2.14 bits per heavy atom. The highest BCUT2D eigenvalue weighted by Gasteiger charge is 2.24. The summed E-state index contributed by atoms with van der Waals surface area (Å²) in [6.45, 7) is 8.83. The largest absolute Gasteiger partial charge is 0.481 e. The summed E-state index contributed by atoms with van der Waals surface area (Å²) in [5.41, 5.74) is 0.216. The smallest absolute Gasteiger partial charge is 0.303 e. The van der Waals surface area contributed by atoms with Crippen LogP contribution >= 0.6 is 11.3 Å². The van der Waals surface area contributed by atoms with Crippen LogP contribution in [-0.4, -0.2) is 28.6 Å². The number of hydrogen-bond donors (Lipinski definition) is 1. The Morgan fingerprint density at radius 3 is 2.76 bits per heavy atom. The van der Waals surface area contributed by atoms with Crippen molar-refractivity contribution in [1.29, 1.82) is 0 Å². The standard InChI is InChI=1S/C17H27NO2S/c1-17(2,3)15-9-8-14(21-15)12-18-11-5-4-6-13(18)7-10-16(19)20/h8-9,13H,4-7,10-12H2,1-3H3,(H,19,20). The lowest BCUT2D eigenvalue weighted by atomic mass is 9.95. The fraction of sp³-hybridized carbons (Fsp3) is 0.706. The average molecular weight is 309 g/mol. The number of hydrogen-bond acceptors (Lipinski definition) is 3. The first-order valence-corrected chi connectivity index (χ1v) is 8.73. The molecule has 118 valence electrons. The van der Waals surface area contributed by atoms with Crippen LogP contribution < -0.4 is 0 Å². The predicted octanol–water partition coefficient (Wildman–Crippen LogP) is 4.26. The van der Waals surface area contributed by atoms with Crippen molar-refractivity contribution >= 4 is 17.3 Å². The van der Waals surface area contributed by atoms with E-state index in [4.69, 9.17) is 5.11 Å². The summed E-state index contributed by atoms with van der Waals surface area (Å²) in [5, 5.41) is 8.90. The van der Waals surface area contributed by atoms with E-state index in [1.54, 1.807) is 0 Å². The molecule has 0 saturated carbocycles. The highest BCUT2D eigenvalue weighted by atomic mass is 32.1. The van der Waals surface area contributed by atoms with Gasteiger partial charge in [0, 0.05) is 28.8 Å². The first-order valence-electron chi connectivity index (χ1n) is 7.91. The molecule has 0 radical (unpaired) electrons. The highest BCUT2D eigenvalue weighted by molar-refractivity contribution is 7.12. The van der Waals surface area contributed by atoms with Gasteiger partial charge in [0.25, 0.3) is 0 Å². The second kappa shape index (κ2) is 6.93. The van der Waals surface area contributed by atoms with Gasteiger partial charge in [-0.15, -0.1) is 11.3 Å². The van der Waals surface area contributed by atoms with Gasteiger partial charge >= 0.3 is 5.97 Å². The van der Waals surface area contributed by atoms with Gasteiger partial charge in [-0.05, 0) is 43.4 Å². The molecule has 0 aromatic carbocycles. The van der Waals surface area contributed by atoms with E-state index in [0.29, 0.717) is 12.5 Å². The topological polar surface area (TPSA) is 40.5 Å². The quantitative estimate of drug-likeness (QED) is 0.883. The van der Waals surface area contributed by atoms with Crippen LogP contribution in [0.25, 0.3) is 0 Å². The summed E-state index contributed by atoms with van der Waals surface area (Å²) in [4.78, 5) is 16.1. The SMILES string of the molecule is CC(C)(C)c1ccc(CN2CCCCC2CCC(=O)O)s1. The van der Waals surface area contributed by atoms with E-state index in [2.05, 4.69) is 37.8 Å². The van der Waals surface area contributed by atoms with E-state index in [1.165, 1.54) is 22.6 Å². The number of piperidine rings is 1. The minimum atomic E-state index is -0.674. The third kappa shape index (κ3) is 4.82. The second-order valence-corrected chi connectivity index (χ2v) is 8.24. The fourth-order valence-electron chi connectivity index (χ4n) is 2.95. The number of carbonyl (C=O) groups is 1. The van der Waals surface area contributed by atoms with E-state index in [1.807, 2.05) is 11.3 Å². The summed E-state index contributed by atoms with van der Waals surface area (Å²) in [5.74, 6) is -0.674. The Kier molecular flexibility index (Phi) is 5.44. The first kappa shape index (κ1) is 16.5. The summed E-state index contributed by atoms with van der Waals surface area (Å²) in [7, 11) is 0. The summed E-state index contributed by atoms with van der Waals surface area (Å²) < 4.78 is 0. The van der Waals surface area contributed by atoms with Gasteiger partial charge in [-0.1, -0.05) is 27.2 Å². The molecule has 2 rings (SSSR count). The molecule has 1 aromatic heterocycles. The van der Waals surface area contributed by atoms with E-state index in [0.717, 1.165) is 25.9 Å². The van der Waals surface area contributed by atoms with E-state index >= 15 is 0 Å². The summed E-state index contributed by atoms with van der Waals surface area (Å²) >= 11 is 1.90. The van der Waals surface area contributed by atoms with Gasteiger partial charge < -0.3 is 5.11 Å². The van der Waals surface area contributed by atoms with E-state index < -0.39 is 5.97 Å². The van der Waals surface area contributed by atoms with Gasteiger partial charge in [0.2, 0.25) is 0 Å². The van der Waals surface area contributed by atoms with E-state index in [9.17, 15) is 4.79 Å². The molecule has 1 aliphatic rings. The molecule has 2 heterocycles. The Hall–Kier alpha value is -0.870. The van der Waals surface area contributed by atoms with Crippen molar-refractivity contribution in [3.05, 3.63) is 21.9 Å². The summed E-state index contributed by atoms with van der Waals surface area (Å²) in [6, 6.07) is 4.93. The van der Waals surface area contributed by atoms with Crippen molar-refractivity contribution in [3.63, 3.8) is 0 Å². The van der Waals surface area contributed by atoms with Crippen LogP contribution in [0.4, 0.5) is 0 Å². The molecule has 0 spiro atoms. The van der Waals surface area contributed by atoms with Gasteiger partial charge in [-0.25, -0.2) is 0 Å². The van der Waals surface area contributed by atoms with Crippen molar-refractivity contribution in [2.75, 3.05) is 6.54 Å². The maximum absolute atomic E-state index is 10.8. The maximum atomic E-state index is 10.8. The van der Waals surface area contributed by atoms with Gasteiger partial charge in [-0.2, -0.15) is 0 Å². The number of aliphatic carboxylic acids is 1. The molecule has 4 heteroatoms. The van der Waals surface area contributed by atoms with Crippen LogP contribution in [0.1, 0.15) is 62.6 Å². The van der Waals surface area contributed by atoms with Crippen molar-refractivity contribution in [2.24, 2.45) is 0 Å². The molecular formula is C17H27NO2S. The van der Waals surface area contributed by atoms with Gasteiger partial charge in [0.05, 0.1) is 0 Å². The van der Waals surface area contributed by atoms with Crippen LogP contribution in [0, 0.1) is 0 Å². The maximum Gasteiger partial charge on any atom is 0.303 e. The number of likely N-dealkylation sites (tertiary alicyclic amines) is 1. The molecule has 1 aliphatic heterocycles. The summed E-state index contributed by atoms with van der Waals surface area (Å²) in [6.07, 6.45) is 4.69. The molecule has 1 N–H and O–H groups in total. The molecule has 0 amide bonds. The predicted molar refractivity (Wildman–Crippen MR) is 87.9 cm³/mol. The van der Waals surface area contributed by atoms with Crippen LogP contribution in [-0.2, 0) is 16.8 Å². The van der Waals surface area contributed by atoms with Crippen molar-refractivity contribution < 1.29 is 9.90 Å². The number of thiophene rings is 1. The molecule has 21 heavy (non-hydrogen) atoms. The van der Waals surface area contributed by atoms with Crippen molar-refractivity contribution in [1.82, 2.24) is 4.90 Å². The zero-order valence-electron chi connectivity index (χ0n) is 13.4. The molecule has 0 aliphatic carbocycles. The molecule has 1 unspecified atom stereocenters. The normalized spacial score (nSPS) is 20.6. The van der Waals surface area contributed by atoms with Gasteiger partial charge in [-0.3, -0.25) is 9.69 Å². The Morgan fingerprint density at radius 1 is 1.38 bits per heavy atom. The van der Waals surface area contributed by atoms with Crippen LogP contribution in [0.15, 0.2) is 12.1 Å². The number of rotatable bonds is 5. The molecule has 0 bridgehead atoms. The third-order valence-corrected chi connectivity index (χ3v) is 5.70. The highest BCUT2D eigenvalue weighted by Crippen LogP contribution is 2.31.